The molecule has 2 aromatic rings. The van der Waals surface area contributed by atoms with E-state index >= 15 is 0 Å². The van der Waals surface area contributed by atoms with Gasteiger partial charge in [-0.25, -0.2) is 18.0 Å². The molecule has 1 fully saturated rings. The van der Waals surface area contributed by atoms with Gasteiger partial charge in [-0.1, -0.05) is 17.3 Å². The molecule has 18 heavy (non-hydrogen) atoms. The van der Waals surface area contributed by atoms with Crippen molar-refractivity contribution in [2.75, 3.05) is 18.2 Å². The van der Waals surface area contributed by atoms with E-state index in [1.165, 1.54) is 9.58 Å². The second kappa shape index (κ2) is 4.01. The Labute approximate surface area is 104 Å². The molecule has 0 saturated carbocycles. The Morgan fingerprint density at radius 3 is 2.83 bits per heavy atom. The van der Waals surface area contributed by atoms with Crippen molar-refractivity contribution in [3.63, 3.8) is 0 Å². The van der Waals surface area contributed by atoms with E-state index in [9.17, 15) is 13.5 Å². The summed E-state index contributed by atoms with van der Waals surface area (Å²) in [5.41, 5.74) is 1.34. The van der Waals surface area contributed by atoms with Crippen molar-refractivity contribution in [1.29, 1.82) is 0 Å². The van der Waals surface area contributed by atoms with Crippen molar-refractivity contribution < 1.29 is 13.5 Å². The average Bonchev–Trinajstić information content (AvgIpc) is 2.91. The van der Waals surface area contributed by atoms with Crippen LogP contribution in [0.1, 0.15) is 6.35 Å². The topological polar surface area (TPSA) is 88.3 Å². The zero-order chi connectivity index (χ0) is 12.8. The highest BCUT2D eigenvalue weighted by Crippen LogP contribution is 2.20. The molecule has 0 radical (unpaired) electrons. The number of aliphatic hydroxyl groups is 1. The zero-order valence-electron chi connectivity index (χ0n) is 9.47. The Bertz CT molecular complexity index is 681. The van der Waals surface area contributed by atoms with Gasteiger partial charge in [-0.15, -0.1) is 5.10 Å². The van der Waals surface area contributed by atoms with Gasteiger partial charge in [0, 0.05) is 6.54 Å². The van der Waals surface area contributed by atoms with Gasteiger partial charge in [0.2, 0.25) is 6.35 Å². The monoisotopic (exact) mass is 268 g/mol. The van der Waals surface area contributed by atoms with Gasteiger partial charge < -0.3 is 5.11 Å². The Morgan fingerprint density at radius 1 is 1.33 bits per heavy atom. The Balaban J connectivity index is 1.95. The maximum absolute atomic E-state index is 11.4. The first-order valence-electron chi connectivity index (χ1n) is 5.49. The molecule has 3 rings (SSSR count). The molecule has 0 bridgehead atoms. The minimum Gasteiger partial charge on any atom is -0.359 e. The van der Waals surface area contributed by atoms with Crippen LogP contribution in [0, 0.1) is 0 Å². The number of nitrogens with zero attached hydrogens (tertiary/aromatic N) is 4. The van der Waals surface area contributed by atoms with E-state index in [0.29, 0.717) is 17.6 Å². The van der Waals surface area contributed by atoms with Crippen molar-refractivity contribution in [2.45, 2.75) is 6.35 Å². The number of para-hydroxylation sites is 1. The van der Waals surface area contributed by atoms with E-state index in [2.05, 4.69) is 10.3 Å². The van der Waals surface area contributed by atoms with Gasteiger partial charge in [-0.2, -0.15) is 0 Å². The molecule has 96 valence electrons. The van der Waals surface area contributed by atoms with Gasteiger partial charge in [0.15, 0.2) is 9.84 Å². The maximum atomic E-state index is 11.4. The highest BCUT2D eigenvalue weighted by Gasteiger charge is 2.31. The minimum absolute atomic E-state index is 0.0662. The molecule has 1 aromatic carbocycles. The van der Waals surface area contributed by atoms with E-state index in [-0.39, 0.29) is 11.6 Å². The van der Waals surface area contributed by atoms with E-state index in [1.54, 1.807) is 12.1 Å². The van der Waals surface area contributed by atoms with Gasteiger partial charge in [-0.3, -0.25) is 0 Å². The lowest BCUT2D eigenvalue weighted by atomic mass is 10.3. The first kappa shape index (κ1) is 11.6. The normalized spacial score (nSPS) is 21.4. The molecule has 0 aliphatic carbocycles. The number of hydrogen-bond acceptors (Lipinski definition) is 6. The van der Waals surface area contributed by atoms with Crippen LogP contribution in [0.5, 0.6) is 0 Å². The SMILES string of the molecule is O=S1(=O)CCN(C(O)n2nnc3ccccc32)C1. The van der Waals surface area contributed by atoms with Crippen LogP contribution in [-0.2, 0) is 9.84 Å². The Morgan fingerprint density at radius 2 is 2.11 bits per heavy atom. The molecule has 2 heterocycles. The molecule has 1 aliphatic rings. The Hall–Kier alpha value is -1.51. The number of aliphatic hydroxyl groups excluding tert-OH is 1. The van der Waals surface area contributed by atoms with Crippen LogP contribution in [-0.4, -0.2) is 51.6 Å². The highest BCUT2D eigenvalue weighted by atomic mass is 32.2. The standard InChI is InChI=1S/C10H12N4O3S/c15-10(13-5-6-18(16,17)7-13)14-9-4-2-1-3-8(9)11-12-14/h1-4,10,15H,5-7H2. The number of aromatic nitrogens is 3. The minimum atomic E-state index is -3.08. The lowest BCUT2D eigenvalue weighted by Crippen LogP contribution is -2.31. The summed E-state index contributed by atoms with van der Waals surface area (Å²) < 4.78 is 24.1. The smallest absolute Gasteiger partial charge is 0.209 e. The third-order valence-corrected chi connectivity index (χ3v) is 4.50. The van der Waals surface area contributed by atoms with E-state index in [1.807, 2.05) is 12.1 Å². The van der Waals surface area contributed by atoms with Crippen LogP contribution in [0.4, 0.5) is 0 Å². The fourth-order valence-corrected chi connectivity index (χ4v) is 3.44. The lowest BCUT2D eigenvalue weighted by Gasteiger charge is -2.20. The first-order valence-corrected chi connectivity index (χ1v) is 7.31. The molecule has 1 aromatic heterocycles. The van der Waals surface area contributed by atoms with Gasteiger partial charge in [0.05, 0.1) is 11.3 Å². The average molecular weight is 268 g/mol. The number of sulfone groups is 1. The summed E-state index contributed by atoms with van der Waals surface area (Å²) in [5, 5.41) is 18.0. The highest BCUT2D eigenvalue weighted by molar-refractivity contribution is 7.91. The van der Waals surface area contributed by atoms with Gasteiger partial charge in [0.1, 0.15) is 11.4 Å². The summed E-state index contributed by atoms with van der Waals surface area (Å²) in [5.74, 6) is -0.0843. The van der Waals surface area contributed by atoms with Crippen molar-refractivity contribution in [3.05, 3.63) is 24.3 Å². The summed E-state index contributed by atoms with van der Waals surface area (Å²) in [6.07, 6.45) is -1.10. The predicted octanol–water partition coefficient (Wildman–Crippen LogP) is -0.432. The largest absolute Gasteiger partial charge is 0.359 e. The molecule has 1 aliphatic heterocycles. The molecule has 1 saturated heterocycles. The fourth-order valence-electron chi connectivity index (χ4n) is 2.03. The van der Waals surface area contributed by atoms with Crippen LogP contribution in [0.15, 0.2) is 24.3 Å². The summed E-state index contributed by atoms with van der Waals surface area (Å²) in [7, 11) is -3.08. The summed E-state index contributed by atoms with van der Waals surface area (Å²) in [4.78, 5) is 1.45. The van der Waals surface area contributed by atoms with Crippen LogP contribution in [0.2, 0.25) is 0 Å². The van der Waals surface area contributed by atoms with E-state index in [4.69, 9.17) is 0 Å². The molecule has 1 N–H and O–H groups in total. The zero-order valence-corrected chi connectivity index (χ0v) is 10.3. The predicted molar refractivity (Wildman–Crippen MR) is 64.1 cm³/mol. The van der Waals surface area contributed by atoms with Crippen molar-refractivity contribution in [2.24, 2.45) is 0 Å². The number of rotatable bonds is 2. The molecule has 7 nitrogen and oxygen atoms in total. The van der Waals surface area contributed by atoms with Crippen LogP contribution >= 0.6 is 0 Å². The van der Waals surface area contributed by atoms with Gasteiger partial charge in [0.25, 0.3) is 0 Å². The number of fused-ring (bicyclic) bond motifs is 1. The molecule has 0 spiro atoms. The number of hydrogen-bond donors (Lipinski definition) is 1. The van der Waals surface area contributed by atoms with Gasteiger partial charge >= 0.3 is 0 Å². The van der Waals surface area contributed by atoms with Crippen molar-refractivity contribution in [1.82, 2.24) is 19.9 Å². The molecule has 0 amide bonds. The van der Waals surface area contributed by atoms with Gasteiger partial charge in [-0.05, 0) is 12.1 Å². The van der Waals surface area contributed by atoms with Crippen molar-refractivity contribution in [3.8, 4) is 0 Å². The van der Waals surface area contributed by atoms with Crippen LogP contribution in [0.25, 0.3) is 11.0 Å². The molecule has 1 atom stereocenters. The number of benzene rings is 1. The molecular weight excluding hydrogens is 256 g/mol. The first-order chi connectivity index (χ1) is 8.57. The van der Waals surface area contributed by atoms with E-state index in [0.717, 1.165) is 0 Å². The summed E-state index contributed by atoms with van der Waals surface area (Å²) in [6, 6.07) is 7.21. The third kappa shape index (κ3) is 1.88. The molecule has 8 heteroatoms. The lowest BCUT2D eigenvalue weighted by molar-refractivity contribution is -0.0437. The maximum Gasteiger partial charge on any atom is 0.209 e. The van der Waals surface area contributed by atoms with Crippen LogP contribution in [0.3, 0.4) is 0 Å². The summed E-state index contributed by atoms with van der Waals surface area (Å²) in [6.45, 7) is 0.303. The second-order valence-electron chi connectivity index (χ2n) is 4.26. The van der Waals surface area contributed by atoms with E-state index < -0.39 is 16.2 Å². The quantitative estimate of drug-likeness (QED) is 0.795. The Kier molecular flexibility index (Phi) is 2.58. The summed E-state index contributed by atoms with van der Waals surface area (Å²) >= 11 is 0. The third-order valence-electron chi connectivity index (χ3n) is 2.97. The van der Waals surface area contributed by atoms with Crippen molar-refractivity contribution >= 4 is 20.9 Å². The molecular formula is C10H12N4O3S. The second-order valence-corrected chi connectivity index (χ2v) is 6.41. The van der Waals surface area contributed by atoms with Crippen LogP contribution < -0.4 is 0 Å². The fraction of sp³-hybridized carbons (Fsp3) is 0.400. The molecule has 1 unspecified atom stereocenters.